The molecule has 2 saturated heterocycles. The van der Waals surface area contributed by atoms with Gasteiger partial charge in [-0.25, -0.2) is 0 Å². The fourth-order valence-corrected chi connectivity index (χ4v) is 2.90. The van der Waals surface area contributed by atoms with Gasteiger partial charge in [0.2, 0.25) is 5.91 Å². The van der Waals surface area contributed by atoms with E-state index in [1.807, 2.05) is 6.92 Å². The summed E-state index contributed by atoms with van der Waals surface area (Å²) in [4.78, 5) is 11.9. The minimum absolute atomic E-state index is 0.120. The number of aliphatic hydroxyl groups is 1. The maximum absolute atomic E-state index is 11.9. The molecule has 1 amide bonds. The molecular weight excluding hydrogens is 204 g/mol. The highest BCUT2D eigenvalue weighted by Gasteiger charge is 2.42. The monoisotopic (exact) mass is 226 g/mol. The Morgan fingerprint density at radius 2 is 2.38 bits per heavy atom. The molecule has 0 aliphatic carbocycles. The van der Waals surface area contributed by atoms with Gasteiger partial charge < -0.3 is 15.7 Å². The van der Waals surface area contributed by atoms with Crippen LogP contribution in [0.2, 0.25) is 0 Å². The van der Waals surface area contributed by atoms with E-state index in [9.17, 15) is 9.90 Å². The Balaban J connectivity index is 1.72. The first-order chi connectivity index (χ1) is 7.70. The third-order valence-electron chi connectivity index (χ3n) is 3.77. The molecule has 0 spiro atoms. The van der Waals surface area contributed by atoms with E-state index in [2.05, 4.69) is 10.6 Å². The van der Waals surface area contributed by atoms with Crippen LogP contribution in [0.15, 0.2) is 0 Å². The van der Waals surface area contributed by atoms with E-state index in [1.54, 1.807) is 0 Å². The van der Waals surface area contributed by atoms with Crippen molar-refractivity contribution in [2.75, 3.05) is 6.54 Å². The Kier molecular flexibility index (Phi) is 3.82. The molecule has 4 unspecified atom stereocenters. The van der Waals surface area contributed by atoms with Crippen LogP contribution >= 0.6 is 0 Å². The number of hydrogen-bond donors (Lipinski definition) is 3. The summed E-state index contributed by atoms with van der Waals surface area (Å²) < 4.78 is 0. The van der Waals surface area contributed by atoms with Crippen molar-refractivity contribution in [1.82, 2.24) is 10.6 Å². The predicted octanol–water partition coefficient (Wildman–Crippen LogP) is 0.404. The normalized spacial score (nSPS) is 34.0. The molecule has 2 rings (SSSR count). The standard InChI is InChI=1S/C12H22N2O2/c1-2-3-9(15)7-13-12(16)10-6-8-4-5-11(10)14-8/h8-11,14-15H,2-7H2,1H3,(H,13,16). The van der Waals surface area contributed by atoms with Gasteiger partial charge in [0.25, 0.3) is 0 Å². The van der Waals surface area contributed by atoms with Gasteiger partial charge >= 0.3 is 0 Å². The molecule has 92 valence electrons. The summed E-state index contributed by atoms with van der Waals surface area (Å²) in [5.41, 5.74) is 0. The Morgan fingerprint density at radius 1 is 1.56 bits per heavy atom. The Hall–Kier alpha value is -0.610. The highest BCUT2D eigenvalue weighted by molar-refractivity contribution is 5.80. The van der Waals surface area contributed by atoms with Crippen molar-refractivity contribution < 1.29 is 9.90 Å². The number of nitrogens with one attached hydrogen (secondary N) is 2. The van der Waals surface area contributed by atoms with E-state index in [1.165, 1.54) is 6.42 Å². The van der Waals surface area contributed by atoms with Crippen LogP contribution in [0.4, 0.5) is 0 Å². The molecule has 0 aromatic heterocycles. The zero-order chi connectivity index (χ0) is 11.5. The summed E-state index contributed by atoms with van der Waals surface area (Å²) in [7, 11) is 0. The predicted molar refractivity (Wildman–Crippen MR) is 62.0 cm³/mol. The largest absolute Gasteiger partial charge is 0.391 e. The number of aliphatic hydroxyl groups excluding tert-OH is 1. The van der Waals surface area contributed by atoms with Gasteiger partial charge in [0.15, 0.2) is 0 Å². The second kappa shape index (κ2) is 5.15. The third-order valence-corrected chi connectivity index (χ3v) is 3.77. The molecule has 4 atom stereocenters. The Labute approximate surface area is 96.8 Å². The highest BCUT2D eigenvalue weighted by atomic mass is 16.3. The quantitative estimate of drug-likeness (QED) is 0.636. The van der Waals surface area contributed by atoms with Crippen molar-refractivity contribution in [2.45, 2.75) is 57.2 Å². The van der Waals surface area contributed by atoms with Crippen molar-refractivity contribution in [3.05, 3.63) is 0 Å². The van der Waals surface area contributed by atoms with Gasteiger partial charge in [0.05, 0.1) is 12.0 Å². The maximum atomic E-state index is 11.9. The SMILES string of the molecule is CCCC(O)CNC(=O)C1CC2CCC1N2. The smallest absolute Gasteiger partial charge is 0.224 e. The number of fused-ring (bicyclic) bond motifs is 2. The van der Waals surface area contributed by atoms with E-state index in [4.69, 9.17) is 0 Å². The first kappa shape index (κ1) is 11.9. The first-order valence-corrected chi connectivity index (χ1v) is 6.42. The van der Waals surface area contributed by atoms with Crippen LogP contribution in [0.1, 0.15) is 39.0 Å². The van der Waals surface area contributed by atoms with E-state index >= 15 is 0 Å². The fraction of sp³-hybridized carbons (Fsp3) is 0.917. The molecule has 3 N–H and O–H groups in total. The molecule has 0 saturated carbocycles. The van der Waals surface area contributed by atoms with Crippen LogP contribution < -0.4 is 10.6 Å². The molecule has 16 heavy (non-hydrogen) atoms. The van der Waals surface area contributed by atoms with Gasteiger partial charge in [-0.05, 0) is 25.7 Å². The molecule has 2 bridgehead atoms. The molecule has 0 aromatic carbocycles. The molecular formula is C12H22N2O2. The second-order valence-corrected chi connectivity index (χ2v) is 5.08. The number of carbonyl (C=O) groups is 1. The van der Waals surface area contributed by atoms with Crippen LogP contribution in [0.25, 0.3) is 0 Å². The van der Waals surface area contributed by atoms with Crippen LogP contribution in [-0.2, 0) is 4.79 Å². The lowest BCUT2D eigenvalue weighted by Gasteiger charge is -2.20. The Morgan fingerprint density at radius 3 is 2.94 bits per heavy atom. The lowest BCUT2D eigenvalue weighted by atomic mass is 9.88. The van der Waals surface area contributed by atoms with E-state index in [0.717, 1.165) is 25.7 Å². The molecule has 2 aliphatic rings. The van der Waals surface area contributed by atoms with Crippen molar-refractivity contribution in [3.8, 4) is 0 Å². The van der Waals surface area contributed by atoms with Crippen LogP contribution in [0, 0.1) is 5.92 Å². The number of hydrogen-bond acceptors (Lipinski definition) is 3. The van der Waals surface area contributed by atoms with Gasteiger partial charge in [0.1, 0.15) is 0 Å². The van der Waals surface area contributed by atoms with Crippen molar-refractivity contribution in [2.24, 2.45) is 5.92 Å². The average Bonchev–Trinajstić information content (AvgIpc) is 2.88. The minimum atomic E-state index is -0.388. The molecule has 0 radical (unpaired) electrons. The third kappa shape index (κ3) is 2.55. The van der Waals surface area contributed by atoms with E-state index in [-0.39, 0.29) is 17.9 Å². The van der Waals surface area contributed by atoms with Gasteiger partial charge in [-0.3, -0.25) is 4.79 Å². The van der Waals surface area contributed by atoms with Crippen molar-refractivity contribution in [1.29, 1.82) is 0 Å². The molecule has 4 heteroatoms. The number of carbonyl (C=O) groups excluding carboxylic acids is 1. The summed E-state index contributed by atoms with van der Waals surface area (Å²) in [6.45, 7) is 2.44. The minimum Gasteiger partial charge on any atom is -0.391 e. The summed E-state index contributed by atoms with van der Waals surface area (Å²) in [5, 5.41) is 15.9. The molecule has 2 heterocycles. The lowest BCUT2D eigenvalue weighted by Crippen LogP contribution is -2.40. The van der Waals surface area contributed by atoms with Gasteiger partial charge in [-0.15, -0.1) is 0 Å². The van der Waals surface area contributed by atoms with Gasteiger partial charge in [0, 0.05) is 18.6 Å². The maximum Gasteiger partial charge on any atom is 0.224 e. The van der Waals surface area contributed by atoms with Crippen LogP contribution in [-0.4, -0.2) is 35.7 Å². The summed E-state index contributed by atoms with van der Waals surface area (Å²) in [6, 6.07) is 0.939. The summed E-state index contributed by atoms with van der Waals surface area (Å²) in [6.07, 6.45) is 4.63. The number of rotatable bonds is 5. The average molecular weight is 226 g/mol. The fourth-order valence-electron chi connectivity index (χ4n) is 2.90. The van der Waals surface area contributed by atoms with Gasteiger partial charge in [-0.1, -0.05) is 13.3 Å². The Bertz CT molecular complexity index is 257. The molecule has 4 nitrogen and oxygen atoms in total. The van der Waals surface area contributed by atoms with Gasteiger partial charge in [-0.2, -0.15) is 0 Å². The topological polar surface area (TPSA) is 61.4 Å². The second-order valence-electron chi connectivity index (χ2n) is 5.08. The highest BCUT2D eigenvalue weighted by Crippen LogP contribution is 2.33. The van der Waals surface area contributed by atoms with Crippen LogP contribution in [0.5, 0.6) is 0 Å². The molecule has 2 fully saturated rings. The number of amides is 1. The summed E-state index contributed by atoms with van der Waals surface area (Å²) >= 11 is 0. The molecule has 0 aromatic rings. The zero-order valence-electron chi connectivity index (χ0n) is 9.91. The molecule has 2 aliphatic heterocycles. The van der Waals surface area contributed by atoms with E-state index < -0.39 is 0 Å². The van der Waals surface area contributed by atoms with Crippen molar-refractivity contribution >= 4 is 5.91 Å². The summed E-state index contributed by atoms with van der Waals surface area (Å²) in [5.74, 6) is 0.252. The van der Waals surface area contributed by atoms with Crippen LogP contribution in [0.3, 0.4) is 0 Å². The van der Waals surface area contributed by atoms with Crippen molar-refractivity contribution in [3.63, 3.8) is 0 Å². The first-order valence-electron chi connectivity index (χ1n) is 6.42. The lowest BCUT2D eigenvalue weighted by molar-refractivity contribution is -0.126. The van der Waals surface area contributed by atoms with E-state index in [0.29, 0.717) is 18.6 Å². The zero-order valence-corrected chi connectivity index (χ0v) is 9.91.